The molecule has 5 rings (SSSR count). The number of rotatable bonds is 6. The van der Waals surface area contributed by atoms with E-state index in [4.69, 9.17) is 4.74 Å². The lowest BCUT2D eigenvalue weighted by Gasteiger charge is -2.33. The molecule has 1 N–H and O–H groups in total. The molecule has 7 nitrogen and oxygen atoms in total. The molecule has 3 aromatic heterocycles. The molecule has 0 saturated carbocycles. The summed E-state index contributed by atoms with van der Waals surface area (Å²) >= 11 is 2.86. The number of carbonyl (C=O) groups is 2. The van der Waals surface area contributed by atoms with Crippen LogP contribution in [0.1, 0.15) is 60.5 Å². The van der Waals surface area contributed by atoms with Gasteiger partial charge in [-0.15, -0.1) is 22.7 Å². The summed E-state index contributed by atoms with van der Waals surface area (Å²) in [5, 5.41) is 5.73. The van der Waals surface area contributed by atoms with E-state index >= 15 is 0 Å². The third-order valence-electron chi connectivity index (χ3n) is 7.46. The Morgan fingerprint density at radius 1 is 1.21 bits per heavy atom. The van der Waals surface area contributed by atoms with Crippen molar-refractivity contribution in [3.8, 4) is 11.1 Å². The fourth-order valence-electron chi connectivity index (χ4n) is 5.18. The Morgan fingerprint density at radius 3 is 2.64 bits per heavy atom. The van der Waals surface area contributed by atoms with Gasteiger partial charge in [0.05, 0.1) is 18.3 Å². The number of fused-ring (bicyclic) bond motifs is 3. The molecule has 0 aliphatic heterocycles. The lowest BCUT2D eigenvalue weighted by atomic mass is 9.72. The second-order valence-corrected chi connectivity index (χ2v) is 13.1. The van der Waals surface area contributed by atoms with Crippen LogP contribution in [0.25, 0.3) is 21.3 Å². The van der Waals surface area contributed by atoms with Crippen LogP contribution in [0.4, 0.5) is 5.00 Å². The normalized spacial score (nSPS) is 15.3. The molecule has 0 spiro atoms. The van der Waals surface area contributed by atoms with Crippen molar-refractivity contribution in [2.45, 2.75) is 60.4 Å². The SMILES string of the molecule is CCOC(=O)c1c(-c2ccc(C)cc2)csc1NC(=O)Cn1cnc2sc3c(c2c1=O)CCC(C(C)(C)C)C3. The van der Waals surface area contributed by atoms with Gasteiger partial charge in [-0.1, -0.05) is 50.6 Å². The predicted octanol–water partition coefficient (Wildman–Crippen LogP) is 6.46. The van der Waals surface area contributed by atoms with E-state index < -0.39 is 11.9 Å². The van der Waals surface area contributed by atoms with Crippen molar-refractivity contribution in [1.82, 2.24) is 9.55 Å². The molecule has 9 heteroatoms. The van der Waals surface area contributed by atoms with Crippen molar-refractivity contribution in [2.75, 3.05) is 11.9 Å². The number of aryl methyl sites for hydroxylation is 2. The molecule has 0 bridgehead atoms. The maximum Gasteiger partial charge on any atom is 0.341 e. The van der Waals surface area contributed by atoms with E-state index in [1.807, 2.05) is 36.6 Å². The number of hydrogen-bond acceptors (Lipinski definition) is 7. The lowest BCUT2D eigenvalue weighted by Crippen LogP contribution is -2.29. The molecule has 4 aromatic rings. The van der Waals surface area contributed by atoms with E-state index in [1.165, 1.54) is 27.1 Å². The maximum atomic E-state index is 13.5. The van der Waals surface area contributed by atoms with Crippen LogP contribution in [-0.2, 0) is 28.9 Å². The van der Waals surface area contributed by atoms with Gasteiger partial charge in [-0.3, -0.25) is 14.2 Å². The average Bonchev–Trinajstić information content (AvgIpc) is 3.47. The summed E-state index contributed by atoms with van der Waals surface area (Å²) in [6.07, 6.45) is 4.30. The highest BCUT2D eigenvalue weighted by atomic mass is 32.1. The van der Waals surface area contributed by atoms with Gasteiger partial charge in [-0.05, 0) is 55.6 Å². The minimum Gasteiger partial charge on any atom is -0.462 e. The van der Waals surface area contributed by atoms with Crippen molar-refractivity contribution < 1.29 is 14.3 Å². The number of amides is 1. The topological polar surface area (TPSA) is 90.3 Å². The van der Waals surface area contributed by atoms with Crippen LogP contribution in [0.5, 0.6) is 0 Å². The molecule has 0 saturated heterocycles. The number of nitrogens with one attached hydrogen (secondary N) is 1. The molecule has 1 aliphatic rings. The second kappa shape index (κ2) is 10.7. The summed E-state index contributed by atoms with van der Waals surface area (Å²) in [6.45, 7) is 10.6. The van der Waals surface area contributed by atoms with Gasteiger partial charge in [-0.25, -0.2) is 9.78 Å². The molecule has 204 valence electrons. The van der Waals surface area contributed by atoms with Crippen LogP contribution < -0.4 is 10.9 Å². The summed E-state index contributed by atoms with van der Waals surface area (Å²) in [5.41, 5.74) is 4.10. The summed E-state index contributed by atoms with van der Waals surface area (Å²) < 4.78 is 6.66. The first-order valence-electron chi connectivity index (χ1n) is 13.2. The van der Waals surface area contributed by atoms with Gasteiger partial charge in [0.25, 0.3) is 5.56 Å². The van der Waals surface area contributed by atoms with E-state index in [-0.39, 0.29) is 24.1 Å². The fourth-order valence-corrected chi connectivity index (χ4v) is 7.41. The summed E-state index contributed by atoms with van der Waals surface area (Å²) in [7, 11) is 0. The number of esters is 1. The Balaban J connectivity index is 1.41. The number of aromatic nitrogens is 2. The maximum absolute atomic E-state index is 13.5. The molecular formula is C30H33N3O4S2. The molecule has 39 heavy (non-hydrogen) atoms. The predicted molar refractivity (Wildman–Crippen MR) is 158 cm³/mol. The first kappa shape index (κ1) is 27.3. The zero-order chi connectivity index (χ0) is 27.9. The minimum atomic E-state index is -0.497. The zero-order valence-corrected chi connectivity index (χ0v) is 24.6. The van der Waals surface area contributed by atoms with Gasteiger partial charge in [0.2, 0.25) is 5.91 Å². The highest BCUT2D eigenvalue weighted by Crippen LogP contribution is 2.42. The molecule has 1 atom stereocenters. The largest absolute Gasteiger partial charge is 0.462 e. The monoisotopic (exact) mass is 563 g/mol. The van der Waals surface area contributed by atoms with E-state index in [0.717, 1.165) is 40.8 Å². The van der Waals surface area contributed by atoms with E-state index in [1.54, 1.807) is 18.3 Å². The summed E-state index contributed by atoms with van der Waals surface area (Å²) in [5.74, 6) is -0.336. The Kier molecular flexibility index (Phi) is 7.48. The van der Waals surface area contributed by atoms with E-state index in [2.05, 4.69) is 31.1 Å². The Hall–Kier alpha value is -3.30. The molecule has 0 fully saturated rings. The minimum absolute atomic E-state index is 0.195. The molecule has 1 aromatic carbocycles. The van der Waals surface area contributed by atoms with Gasteiger partial charge in [-0.2, -0.15) is 0 Å². The van der Waals surface area contributed by atoms with Gasteiger partial charge in [0, 0.05) is 15.8 Å². The van der Waals surface area contributed by atoms with Gasteiger partial charge < -0.3 is 10.1 Å². The van der Waals surface area contributed by atoms with Gasteiger partial charge in [0.15, 0.2) is 0 Å². The zero-order valence-electron chi connectivity index (χ0n) is 22.9. The number of benzene rings is 1. The van der Waals surface area contributed by atoms with Gasteiger partial charge >= 0.3 is 5.97 Å². The lowest BCUT2D eigenvalue weighted by molar-refractivity contribution is -0.116. The first-order valence-corrected chi connectivity index (χ1v) is 14.9. The van der Waals surface area contributed by atoms with Crippen LogP contribution in [0.2, 0.25) is 0 Å². The molecule has 1 unspecified atom stereocenters. The third kappa shape index (κ3) is 5.43. The quantitative estimate of drug-likeness (QED) is 0.272. The molecule has 3 heterocycles. The second-order valence-electron chi connectivity index (χ2n) is 11.2. The average molecular weight is 564 g/mol. The van der Waals surface area contributed by atoms with Crippen LogP contribution in [0.15, 0.2) is 40.8 Å². The summed E-state index contributed by atoms with van der Waals surface area (Å²) in [6, 6.07) is 7.83. The number of carbonyl (C=O) groups excluding carboxylic acids is 2. The highest BCUT2D eigenvalue weighted by molar-refractivity contribution is 7.18. The Bertz CT molecular complexity index is 1610. The smallest absolute Gasteiger partial charge is 0.341 e. The van der Waals surface area contributed by atoms with Crippen molar-refractivity contribution >= 4 is 49.8 Å². The molecule has 1 amide bonds. The number of hydrogen-bond donors (Lipinski definition) is 1. The van der Waals surface area contributed by atoms with Crippen LogP contribution in [-0.4, -0.2) is 28.0 Å². The first-order chi connectivity index (χ1) is 18.6. The van der Waals surface area contributed by atoms with Crippen molar-refractivity contribution in [1.29, 1.82) is 0 Å². The molecule has 0 radical (unpaired) electrons. The van der Waals surface area contributed by atoms with Crippen LogP contribution in [0.3, 0.4) is 0 Å². The Morgan fingerprint density at radius 2 is 1.95 bits per heavy atom. The molecular weight excluding hydrogens is 530 g/mol. The Labute approximate surface area is 235 Å². The third-order valence-corrected chi connectivity index (χ3v) is 9.52. The fraction of sp³-hybridized carbons (Fsp3) is 0.400. The summed E-state index contributed by atoms with van der Waals surface area (Å²) in [4.78, 5) is 46.0. The number of ether oxygens (including phenoxy) is 1. The standard InChI is InChI=1S/C30H33N3O4S2/c1-6-37-29(36)25-21(18-9-7-17(2)8-10-18)15-38-27(25)32-23(34)14-33-16-31-26-24(28(33)35)20-12-11-19(30(3,4)5)13-22(20)39-26/h7-10,15-16,19H,6,11-14H2,1-5H3,(H,32,34). The van der Waals surface area contributed by atoms with Crippen molar-refractivity contribution in [2.24, 2.45) is 11.3 Å². The van der Waals surface area contributed by atoms with E-state index in [0.29, 0.717) is 27.4 Å². The van der Waals surface area contributed by atoms with Crippen LogP contribution in [0, 0.1) is 18.3 Å². The van der Waals surface area contributed by atoms with E-state index in [9.17, 15) is 14.4 Å². The highest BCUT2D eigenvalue weighted by Gasteiger charge is 2.32. The van der Waals surface area contributed by atoms with Crippen molar-refractivity contribution in [3.05, 3.63) is 67.9 Å². The van der Waals surface area contributed by atoms with Crippen LogP contribution >= 0.6 is 22.7 Å². The number of anilines is 1. The molecule has 1 aliphatic carbocycles. The number of nitrogens with zero attached hydrogens (tertiary/aromatic N) is 2. The van der Waals surface area contributed by atoms with Gasteiger partial charge in [0.1, 0.15) is 21.9 Å². The number of thiophene rings is 2. The van der Waals surface area contributed by atoms with Crippen molar-refractivity contribution in [3.63, 3.8) is 0 Å².